The summed E-state index contributed by atoms with van der Waals surface area (Å²) >= 11 is 15.1. The van der Waals surface area contributed by atoms with Gasteiger partial charge in [0.25, 0.3) is 0 Å². The van der Waals surface area contributed by atoms with Gasteiger partial charge in [-0.2, -0.15) is 0 Å². The summed E-state index contributed by atoms with van der Waals surface area (Å²) in [6, 6.07) is 24.5. The van der Waals surface area contributed by atoms with Crippen LogP contribution < -0.4 is 9.80 Å². The summed E-state index contributed by atoms with van der Waals surface area (Å²) in [6.45, 7) is 8.91. The number of ether oxygens (including phenoxy) is 2. The predicted octanol–water partition coefficient (Wildman–Crippen LogP) is 8.52. The Morgan fingerprint density at radius 1 is 0.614 bits per heavy atom. The standard InChI is InChI=1S/2C25H26ClN3O4S2/c1-17-14-18(2-7-21(17)26)23-15-28(11-12-33-23)22-8-10-29(25(22)30)19-3-5-20(6-4-19)35(31,32)16-24-27-9-13-34-24;1-17-12-18(14-19(26)13-17)23-15-28(9-10-33-23)22-6-8-29(25(22)30)20-2-4-21(5-3-20)35(31,32)16-24-27-7-11-34-24/h2-7,9,13-14,22-23H,8,10-12,15-16H2,1H3;2-5,7,11-14,22-23H,6,8-10,15-16H2,1H3/t2*22-,23-/m00/s1. The Labute approximate surface area is 426 Å². The van der Waals surface area contributed by atoms with Crippen molar-refractivity contribution in [3.8, 4) is 0 Å². The largest absolute Gasteiger partial charge is 0.371 e. The minimum Gasteiger partial charge on any atom is -0.371 e. The molecule has 2 aromatic heterocycles. The fourth-order valence-electron chi connectivity index (χ4n) is 9.45. The number of nitrogens with zero attached hydrogens (tertiary/aromatic N) is 6. The van der Waals surface area contributed by atoms with Crippen LogP contribution in [0.4, 0.5) is 11.4 Å². The fourth-order valence-corrected chi connectivity index (χ4v) is 14.4. The van der Waals surface area contributed by atoms with Crippen molar-refractivity contribution in [1.82, 2.24) is 19.8 Å². The highest BCUT2D eigenvalue weighted by atomic mass is 35.5. The summed E-state index contributed by atoms with van der Waals surface area (Å²) in [5, 5.41) is 6.05. The monoisotopic (exact) mass is 1060 g/mol. The van der Waals surface area contributed by atoms with Gasteiger partial charge in [-0.3, -0.25) is 19.4 Å². The van der Waals surface area contributed by atoms with Gasteiger partial charge in [0.05, 0.1) is 47.3 Å². The first-order valence-corrected chi connectivity index (χ1v) is 28.7. The van der Waals surface area contributed by atoms with Crippen LogP contribution >= 0.6 is 45.9 Å². The van der Waals surface area contributed by atoms with Gasteiger partial charge in [-0.05, 0) is 116 Å². The number of hydrogen-bond donors (Lipinski definition) is 0. The maximum Gasteiger partial charge on any atom is 0.244 e. The van der Waals surface area contributed by atoms with E-state index >= 15 is 0 Å². The van der Waals surface area contributed by atoms with Crippen LogP contribution in [0.1, 0.15) is 57.3 Å². The lowest BCUT2D eigenvalue weighted by molar-refractivity contribution is -0.125. The van der Waals surface area contributed by atoms with E-state index in [1.165, 1.54) is 22.7 Å². The molecule has 0 spiro atoms. The van der Waals surface area contributed by atoms with Crippen LogP contribution in [0.25, 0.3) is 0 Å². The van der Waals surface area contributed by atoms with Gasteiger partial charge >= 0.3 is 0 Å². The molecule has 6 heterocycles. The van der Waals surface area contributed by atoms with Crippen molar-refractivity contribution in [2.45, 2.75) is 72.3 Å². The molecular weight excluding hydrogens is 1010 g/mol. The molecule has 0 aliphatic carbocycles. The minimum absolute atomic E-state index is 0.0336. The number of hydrogen-bond acceptors (Lipinski definition) is 14. The highest BCUT2D eigenvalue weighted by molar-refractivity contribution is 7.91. The minimum atomic E-state index is -3.49. The van der Waals surface area contributed by atoms with Crippen molar-refractivity contribution >= 4 is 88.7 Å². The molecule has 368 valence electrons. The second-order valence-corrected chi connectivity index (χ2v) is 24.5. The van der Waals surface area contributed by atoms with E-state index in [4.69, 9.17) is 32.7 Å². The highest BCUT2D eigenvalue weighted by Crippen LogP contribution is 2.34. The molecule has 4 aliphatic heterocycles. The second kappa shape index (κ2) is 21.6. The smallest absolute Gasteiger partial charge is 0.244 e. The molecule has 14 nitrogen and oxygen atoms in total. The zero-order valence-corrected chi connectivity index (χ0v) is 43.3. The van der Waals surface area contributed by atoms with E-state index in [0.29, 0.717) is 85.3 Å². The van der Waals surface area contributed by atoms with Gasteiger partial charge in [-0.1, -0.05) is 41.4 Å². The zero-order chi connectivity index (χ0) is 49.2. The molecule has 4 atom stereocenters. The van der Waals surface area contributed by atoms with E-state index in [2.05, 4.69) is 25.8 Å². The number of halogens is 2. The Bertz CT molecular complexity index is 3020. The van der Waals surface area contributed by atoms with Crippen LogP contribution in [0.5, 0.6) is 0 Å². The van der Waals surface area contributed by atoms with Crippen LogP contribution in [0, 0.1) is 13.8 Å². The summed E-state index contributed by atoms with van der Waals surface area (Å²) in [6.07, 6.45) is 4.38. The molecule has 10 rings (SSSR count). The van der Waals surface area contributed by atoms with Gasteiger partial charge in [0, 0.05) is 83.8 Å². The van der Waals surface area contributed by atoms with E-state index in [0.717, 1.165) is 33.7 Å². The molecule has 0 N–H and O–H groups in total. The SMILES string of the molecule is Cc1cc(Cl)cc([C@@H]2CN([C@H]3CCN(c4ccc(S(=O)(=O)Cc5nccs5)cc4)C3=O)CCO2)c1.Cc1cc([C@@H]2CN([C@H]3CCN(c4ccc(S(=O)(=O)Cc5nccs5)cc4)C3=O)CCO2)ccc1Cl. The van der Waals surface area contributed by atoms with Crippen molar-refractivity contribution in [3.63, 3.8) is 0 Å². The number of amides is 2. The highest BCUT2D eigenvalue weighted by Gasteiger charge is 2.41. The van der Waals surface area contributed by atoms with E-state index in [1.54, 1.807) is 81.5 Å². The fraction of sp³-hybridized carbons (Fsp3) is 0.360. The zero-order valence-electron chi connectivity index (χ0n) is 38.5. The number of aryl methyl sites for hydroxylation is 2. The number of aromatic nitrogens is 2. The third kappa shape index (κ3) is 11.5. The number of rotatable bonds is 12. The van der Waals surface area contributed by atoms with E-state index in [1.807, 2.05) is 44.2 Å². The first-order valence-electron chi connectivity index (χ1n) is 22.9. The maximum atomic E-state index is 13.3. The lowest BCUT2D eigenvalue weighted by Gasteiger charge is -2.36. The molecule has 2 amide bonds. The molecule has 0 saturated carbocycles. The number of carbonyl (C=O) groups is 2. The van der Waals surface area contributed by atoms with Crippen molar-refractivity contribution in [3.05, 3.63) is 150 Å². The predicted molar refractivity (Wildman–Crippen MR) is 273 cm³/mol. The first-order chi connectivity index (χ1) is 33.6. The van der Waals surface area contributed by atoms with Crippen LogP contribution in [-0.4, -0.2) is 113 Å². The Morgan fingerprint density at radius 3 is 1.54 bits per heavy atom. The second-order valence-electron chi connectivity index (χ2n) is 17.7. The third-order valence-electron chi connectivity index (χ3n) is 13.0. The van der Waals surface area contributed by atoms with Gasteiger partial charge < -0.3 is 19.3 Å². The average Bonchev–Trinajstić information content (AvgIpc) is 4.20. The maximum absolute atomic E-state index is 13.3. The van der Waals surface area contributed by atoms with Crippen molar-refractivity contribution in [2.75, 3.05) is 62.3 Å². The molecule has 6 aromatic rings. The lowest BCUT2D eigenvalue weighted by Crippen LogP contribution is -2.48. The summed E-state index contributed by atoms with van der Waals surface area (Å²) in [4.78, 5) is 43.2. The number of morpholine rings is 2. The van der Waals surface area contributed by atoms with Crippen molar-refractivity contribution in [2.24, 2.45) is 0 Å². The molecule has 0 radical (unpaired) electrons. The quantitative estimate of drug-likeness (QED) is 0.115. The number of carbonyl (C=O) groups excluding carboxylic acids is 2. The van der Waals surface area contributed by atoms with Crippen LogP contribution in [0.2, 0.25) is 10.0 Å². The Balaban J connectivity index is 0.000000174. The molecule has 20 heteroatoms. The lowest BCUT2D eigenvalue weighted by atomic mass is 10.0. The molecule has 4 saturated heterocycles. The topological polar surface area (TPSA) is 160 Å². The van der Waals surface area contributed by atoms with Crippen LogP contribution in [0.3, 0.4) is 0 Å². The van der Waals surface area contributed by atoms with Gasteiger partial charge in [-0.25, -0.2) is 26.8 Å². The Morgan fingerprint density at radius 2 is 1.10 bits per heavy atom. The summed E-state index contributed by atoms with van der Waals surface area (Å²) < 4.78 is 62.8. The first kappa shape index (κ1) is 50.3. The normalized spacial score (nSPS) is 21.5. The van der Waals surface area contributed by atoms with Crippen LogP contribution in [0.15, 0.2) is 118 Å². The number of sulfone groups is 2. The molecule has 0 unspecified atom stereocenters. The Kier molecular flexibility index (Phi) is 15.6. The molecular formula is C50H52Cl2N6O8S4. The number of benzene rings is 4. The van der Waals surface area contributed by atoms with Gasteiger partial charge in [0.15, 0.2) is 19.7 Å². The third-order valence-corrected chi connectivity index (χ3v) is 18.9. The summed E-state index contributed by atoms with van der Waals surface area (Å²) in [5.74, 6) is -0.179. The van der Waals surface area contributed by atoms with Crippen molar-refractivity contribution < 1.29 is 35.9 Å². The molecule has 4 aromatic carbocycles. The van der Waals surface area contributed by atoms with E-state index < -0.39 is 19.7 Å². The molecule has 0 bridgehead atoms. The Hall–Kier alpha value is -4.60. The van der Waals surface area contributed by atoms with Gasteiger partial charge in [-0.15, -0.1) is 22.7 Å². The van der Waals surface area contributed by atoms with E-state index in [-0.39, 0.29) is 57.4 Å². The molecule has 4 fully saturated rings. The molecule has 4 aliphatic rings. The summed E-state index contributed by atoms with van der Waals surface area (Å²) in [5.41, 5.74) is 5.59. The molecule has 70 heavy (non-hydrogen) atoms. The van der Waals surface area contributed by atoms with Crippen LogP contribution in [-0.2, 0) is 50.2 Å². The number of thiazole rings is 2. The summed E-state index contributed by atoms with van der Waals surface area (Å²) in [7, 11) is -6.98. The van der Waals surface area contributed by atoms with E-state index in [9.17, 15) is 26.4 Å². The number of anilines is 2. The van der Waals surface area contributed by atoms with Crippen molar-refractivity contribution in [1.29, 1.82) is 0 Å². The van der Waals surface area contributed by atoms with Gasteiger partial charge in [0.1, 0.15) is 21.5 Å². The average molecular weight is 1060 g/mol. The van der Waals surface area contributed by atoms with Gasteiger partial charge in [0.2, 0.25) is 11.8 Å².